The third-order valence-corrected chi connectivity index (χ3v) is 3.79. The van der Waals surface area contributed by atoms with Crippen molar-refractivity contribution in [2.24, 2.45) is 10.7 Å². The minimum atomic E-state index is 0.385. The summed E-state index contributed by atoms with van der Waals surface area (Å²) in [5.41, 5.74) is 7.06. The molecule has 0 fully saturated rings. The van der Waals surface area contributed by atoms with E-state index in [0.29, 0.717) is 12.0 Å². The normalized spacial score (nSPS) is 18.7. The average molecular weight is 280 g/mol. The van der Waals surface area contributed by atoms with E-state index in [-0.39, 0.29) is 0 Å². The van der Waals surface area contributed by atoms with E-state index in [0.717, 1.165) is 23.7 Å². The molecule has 0 bridgehead atoms. The van der Waals surface area contributed by atoms with Gasteiger partial charge in [0.2, 0.25) is 0 Å². The predicted octanol–water partition coefficient (Wildman–Crippen LogP) is 3.81. The number of nitrogens with two attached hydrogens (primary N) is 1. The van der Waals surface area contributed by atoms with Crippen molar-refractivity contribution >= 4 is 23.2 Å². The minimum Gasteiger partial charge on any atom is -0.370 e. The molecule has 0 saturated heterocycles. The monoisotopic (exact) mass is 279 g/mol. The fourth-order valence-electron chi connectivity index (χ4n) is 2.54. The molecule has 0 amide bonds. The van der Waals surface area contributed by atoms with Crippen molar-refractivity contribution in [1.82, 2.24) is 0 Å². The van der Waals surface area contributed by atoms with Crippen LogP contribution in [0.1, 0.15) is 39.0 Å². The first-order valence-electron chi connectivity index (χ1n) is 7.07. The van der Waals surface area contributed by atoms with Crippen molar-refractivity contribution in [1.29, 1.82) is 0 Å². The Kier molecular flexibility index (Phi) is 5.08. The summed E-state index contributed by atoms with van der Waals surface area (Å²) in [4.78, 5) is 6.50. The summed E-state index contributed by atoms with van der Waals surface area (Å²) in [5, 5.41) is 0.738. The summed E-state index contributed by atoms with van der Waals surface area (Å²) in [6.45, 7) is 3.03. The number of aliphatic imine (C=N–C) groups is 1. The molecule has 0 radical (unpaired) electrons. The van der Waals surface area contributed by atoms with Gasteiger partial charge in [-0.25, -0.2) is 0 Å². The van der Waals surface area contributed by atoms with Gasteiger partial charge in [0.15, 0.2) is 5.96 Å². The van der Waals surface area contributed by atoms with Crippen molar-refractivity contribution in [3.63, 3.8) is 0 Å². The maximum absolute atomic E-state index is 6.06. The molecule has 2 N–H and O–H groups in total. The molecule has 3 nitrogen and oxygen atoms in total. The average Bonchev–Trinajstić information content (AvgIpc) is 2.76. The maximum Gasteiger partial charge on any atom is 0.196 e. The first kappa shape index (κ1) is 14.2. The van der Waals surface area contributed by atoms with Crippen LogP contribution in [0.25, 0.3) is 0 Å². The lowest BCUT2D eigenvalue weighted by molar-refractivity contribution is 0.565. The van der Waals surface area contributed by atoms with Gasteiger partial charge >= 0.3 is 0 Å². The lowest BCUT2D eigenvalue weighted by atomic mass is 10.1. The number of benzene rings is 1. The smallest absolute Gasteiger partial charge is 0.196 e. The first-order valence-corrected chi connectivity index (χ1v) is 7.45. The number of hydrogen-bond donors (Lipinski definition) is 1. The number of guanidine groups is 1. The van der Waals surface area contributed by atoms with E-state index in [1.807, 2.05) is 24.3 Å². The number of halogens is 1. The lowest BCUT2D eigenvalue weighted by Crippen LogP contribution is -2.40. The van der Waals surface area contributed by atoms with Crippen LogP contribution in [0, 0.1) is 0 Å². The van der Waals surface area contributed by atoms with Gasteiger partial charge in [0, 0.05) is 10.7 Å². The predicted molar refractivity (Wildman–Crippen MR) is 83.0 cm³/mol. The molecule has 1 heterocycles. The molecule has 1 aliphatic heterocycles. The highest BCUT2D eigenvalue weighted by Crippen LogP contribution is 2.26. The van der Waals surface area contributed by atoms with Gasteiger partial charge in [0.1, 0.15) is 0 Å². The Hall–Kier alpha value is -1.22. The van der Waals surface area contributed by atoms with Crippen LogP contribution in [0.5, 0.6) is 0 Å². The highest BCUT2D eigenvalue weighted by atomic mass is 35.5. The maximum atomic E-state index is 6.06. The van der Waals surface area contributed by atoms with E-state index < -0.39 is 0 Å². The zero-order valence-corrected chi connectivity index (χ0v) is 12.2. The Labute approximate surface area is 120 Å². The summed E-state index contributed by atoms with van der Waals surface area (Å²) < 4.78 is 0. The summed E-state index contributed by atoms with van der Waals surface area (Å²) in [5.74, 6) is 0.614. The molecule has 1 aromatic carbocycles. The third kappa shape index (κ3) is 3.63. The van der Waals surface area contributed by atoms with Gasteiger partial charge < -0.3 is 10.6 Å². The fourth-order valence-corrected chi connectivity index (χ4v) is 2.72. The number of nitrogens with zero attached hydrogens (tertiary/aromatic N) is 2. The van der Waals surface area contributed by atoms with E-state index in [2.05, 4.69) is 16.8 Å². The molecule has 104 valence electrons. The van der Waals surface area contributed by atoms with Crippen LogP contribution in [-0.4, -0.2) is 18.5 Å². The third-order valence-electron chi connectivity index (χ3n) is 3.55. The van der Waals surface area contributed by atoms with E-state index in [1.165, 1.54) is 25.7 Å². The summed E-state index contributed by atoms with van der Waals surface area (Å²) in [7, 11) is 0. The quantitative estimate of drug-likeness (QED) is 0.805. The van der Waals surface area contributed by atoms with Gasteiger partial charge in [0.05, 0.1) is 12.6 Å². The van der Waals surface area contributed by atoms with Gasteiger partial charge in [-0.2, -0.15) is 0 Å². The van der Waals surface area contributed by atoms with Gasteiger partial charge in [-0.05, 0) is 24.6 Å². The zero-order chi connectivity index (χ0) is 13.7. The van der Waals surface area contributed by atoms with E-state index in [1.54, 1.807) is 0 Å². The van der Waals surface area contributed by atoms with Crippen molar-refractivity contribution in [2.75, 3.05) is 11.4 Å². The molecular weight excluding hydrogens is 258 g/mol. The number of rotatable bonds is 6. The summed E-state index contributed by atoms with van der Waals surface area (Å²) >= 11 is 6.06. The molecule has 2 rings (SSSR count). The van der Waals surface area contributed by atoms with Gasteiger partial charge in [-0.15, -0.1) is 0 Å². The minimum absolute atomic E-state index is 0.385. The van der Waals surface area contributed by atoms with Crippen molar-refractivity contribution in [3.8, 4) is 0 Å². The Morgan fingerprint density at radius 1 is 1.37 bits per heavy atom. The van der Waals surface area contributed by atoms with E-state index >= 15 is 0 Å². The fraction of sp³-hybridized carbons (Fsp3) is 0.533. The Bertz CT molecular complexity index is 445. The molecule has 1 aromatic rings. The summed E-state index contributed by atoms with van der Waals surface area (Å²) in [6.07, 6.45) is 6.23. The lowest BCUT2D eigenvalue weighted by Gasteiger charge is -2.26. The van der Waals surface area contributed by atoms with Crippen molar-refractivity contribution in [2.45, 2.75) is 45.1 Å². The molecule has 1 atom stereocenters. The SMILES string of the molecule is CCCCCCC1CN=C(N)N1c1cccc(Cl)c1. The molecule has 1 unspecified atom stereocenters. The molecule has 0 saturated carbocycles. The Morgan fingerprint density at radius 2 is 2.21 bits per heavy atom. The topological polar surface area (TPSA) is 41.6 Å². The molecule has 0 aromatic heterocycles. The molecule has 19 heavy (non-hydrogen) atoms. The molecule has 1 aliphatic rings. The van der Waals surface area contributed by atoms with Gasteiger partial charge in [-0.3, -0.25) is 4.99 Å². The first-order chi connectivity index (χ1) is 9.22. The number of anilines is 1. The van der Waals surface area contributed by atoms with E-state index in [4.69, 9.17) is 17.3 Å². The second kappa shape index (κ2) is 6.80. The second-order valence-electron chi connectivity index (χ2n) is 5.05. The molecule has 4 heteroatoms. The van der Waals surface area contributed by atoms with Crippen molar-refractivity contribution in [3.05, 3.63) is 29.3 Å². The van der Waals surface area contributed by atoms with Crippen LogP contribution in [0.4, 0.5) is 5.69 Å². The zero-order valence-electron chi connectivity index (χ0n) is 11.5. The Morgan fingerprint density at radius 3 is 2.95 bits per heavy atom. The largest absolute Gasteiger partial charge is 0.370 e. The molecule has 0 spiro atoms. The van der Waals surface area contributed by atoms with Gasteiger partial charge in [0.25, 0.3) is 0 Å². The second-order valence-corrected chi connectivity index (χ2v) is 5.49. The van der Waals surface area contributed by atoms with Crippen LogP contribution in [-0.2, 0) is 0 Å². The van der Waals surface area contributed by atoms with Crippen LogP contribution in [0.15, 0.2) is 29.3 Å². The van der Waals surface area contributed by atoms with E-state index in [9.17, 15) is 0 Å². The van der Waals surface area contributed by atoms with Crippen LogP contribution >= 0.6 is 11.6 Å². The Balaban J connectivity index is 2.01. The van der Waals surface area contributed by atoms with Crippen LogP contribution in [0.3, 0.4) is 0 Å². The number of unbranched alkanes of at least 4 members (excludes halogenated alkanes) is 3. The highest BCUT2D eigenvalue weighted by molar-refractivity contribution is 6.30. The van der Waals surface area contributed by atoms with Crippen molar-refractivity contribution < 1.29 is 0 Å². The number of hydrogen-bond acceptors (Lipinski definition) is 3. The molecular formula is C15H22ClN3. The molecule has 0 aliphatic carbocycles. The van der Waals surface area contributed by atoms with Gasteiger partial charge in [-0.1, -0.05) is 50.3 Å². The highest BCUT2D eigenvalue weighted by Gasteiger charge is 2.26. The van der Waals surface area contributed by atoms with Crippen LogP contribution < -0.4 is 10.6 Å². The summed E-state index contributed by atoms with van der Waals surface area (Å²) in [6, 6.07) is 8.21. The standard InChI is InChI=1S/C15H22ClN3/c1-2-3-4-5-8-14-11-18-15(17)19(14)13-9-6-7-12(16)10-13/h6-7,9-10,14H,2-5,8,11H2,1H3,(H2,17,18). The van der Waals surface area contributed by atoms with Crippen LogP contribution in [0.2, 0.25) is 5.02 Å².